The summed E-state index contributed by atoms with van der Waals surface area (Å²) in [5, 5.41) is 0. The van der Waals surface area contributed by atoms with Gasteiger partial charge >= 0.3 is 0 Å². The van der Waals surface area contributed by atoms with Crippen LogP contribution in [0.4, 0.5) is 8.78 Å². The van der Waals surface area contributed by atoms with Crippen molar-refractivity contribution in [3.05, 3.63) is 70.8 Å². The molecule has 0 spiro atoms. The number of rotatable bonds is 3. The number of hydrogen-bond acceptors (Lipinski definition) is 2. The Labute approximate surface area is 104 Å². The van der Waals surface area contributed by atoms with Gasteiger partial charge in [-0.15, -0.1) is 0 Å². The molecule has 2 rings (SSSR count). The number of hydrogen-bond donors (Lipinski definition) is 2. The number of nitrogens with two attached hydrogens (primary N) is 2. The molecule has 2 aromatic carbocycles. The normalized spacial score (nSPS) is 12.4. The zero-order valence-corrected chi connectivity index (χ0v) is 9.66. The average Bonchev–Trinajstić information content (AvgIpc) is 2.38. The van der Waals surface area contributed by atoms with Crippen LogP contribution in [0.5, 0.6) is 0 Å². The van der Waals surface area contributed by atoms with Crippen LogP contribution in [0.1, 0.15) is 22.7 Å². The van der Waals surface area contributed by atoms with Gasteiger partial charge in [-0.2, -0.15) is 0 Å². The molecular weight excluding hydrogens is 234 g/mol. The lowest BCUT2D eigenvalue weighted by Gasteiger charge is -2.16. The lowest BCUT2D eigenvalue weighted by atomic mass is 9.94. The molecule has 1 unspecified atom stereocenters. The van der Waals surface area contributed by atoms with Crippen molar-refractivity contribution < 1.29 is 8.78 Å². The summed E-state index contributed by atoms with van der Waals surface area (Å²) in [6.07, 6.45) is 0. The summed E-state index contributed by atoms with van der Waals surface area (Å²) in [5.74, 6) is -0.814. The fourth-order valence-corrected chi connectivity index (χ4v) is 1.90. The van der Waals surface area contributed by atoms with Crippen LogP contribution in [0.15, 0.2) is 36.4 Å². The minimum atomic E-state index is -0.668. The van der Waals surface area contributed by atoms with E-state index in [1.165, 1.54) is 18.2 Å². The molecule has 4 heteroatoms. The van der Waals surface area contributed by atoms with Crippen LogP contribution in [0.3, 0.4) is 0 Å². The van der Waals surface area contributed by atoms with Crippen molar-refractivity contribution in [3.63, 3.8) is 0 Å². The van der Waals surface area contributed by atoms with Crippen LogP contribution < -0.4 is 11.5 Å². The van der Waals surface area contributed by atoms with Crippen molar-refractivity contribution in [1.82, 2.24) is 0 Å². The molecule has 0 aliphatic heterocycles. The van der Waals surface area contributed by atoms with Gasteiger partial charge in [0, 0.05) is 12.1 Å². The Morgan fingerprint density at radius 3 is 2.61 bits per heavy atom. The van der Waals surface area contributed by atoms with Crippen LogP contribution in [0.25, 0.3) is 0 Å². The summed E-state index contributed by atoms with van der Waals surface area (Å²) < 4.78 is 26.7. The summed E-state index contributed by atoms with van der Waals surface area (Å²) in [7, 11) is 0. The number of halogens is 2. The van der Waals surface area contributed by atoms with Crippen molar-refractivity contribution >= 4 is 0 Å². The summed E-state index contributed by atoms with van der Waals surface area (Å²) in [4.78, 5) is 0. The molecule has 1 radical (unpaired) electrons. The summed E-state index contributed by atoms with van der Waals surface area (Å²) >= 11 is 0. The molecule has 0 saturated heterocycles. The highest BCUT2D eigenvalue weighted by Gasteiger charge is 2.16. The van der Waals surface area contributed by atoms with Crippen molar-refractivity contribution in [3.8, 4) is 0 Å². The molecule has 0 heterocycles. The van der Waals surface area contributed by atoms with Crippen molar-refractivity contribution in [2.24, 2.45) is 11.5 Å². The number of benzene rings is 2. The van der Waals surface area contributed by atoms with Crippen molar-refractivity contribution in [2.75, 3.05) is 0 Å². The van der Waals surface area contributed by atoms with E-state index in [9.17, 15) is 8.78 Å². The monoisotopic (exact) mass is 247 g/mol. The quantitative estimate of drug-likeness (QED) is 0.874. The maximum absolute atomic E-state index is 13.6. The van der Waals surface area contributed by atoms with Crippen molar-refractivity contribution in [1.29, 1.82) is 0 Å². The van der Waals surface area contributed by atoms with Gasteiger partial charge in [0.2, 0.25) is 0 Å². The van der Waals surface area contributed by atoms with Gasteiger partial charge < -0.3 is 11.5 Å². The fourth-order valence-electron chi connectivity index (χ4n) is 1.90. The molecule has 0 fully saturated rings. The minimum absolute atomic E-state index is 0.154. The SMILES string of the molecule is NCc1cc(F)ccc1C(N)c1cc[c]cc1F. The van der Waals surface area contributed by atoms with E-state index < -0.39 is 11.9 Å². The van der Waals surface area contributed by atoms with Gasteiger partial charge in [-0.3, -0.25) is 0 Å². The largest absolute Gasteiger partial charge is 0.326 e. The molecule has 0 aliphatic rings. The third-order valence-electron chi connectivity index (χ3n) is 2.84. The molecule has 0 amide bonds. The molecule has 4 N–H and O–H groups in total. The van der Waals surface area contributed by atoms with Gasteiger partial charge in [0.25, 0.3) is 0 Å². The van der Waals surface area contributed by atoms with Gasteiger partial charge in [-0.1, -0.05) is 18.2 Å². The highest BCUT2D eigenvalue weighted by Crippen LogP contribution is 2.25. The van der Waals surface area contributed by atoms with Gasteiger partial charge in [0.1, 0.15) is 11.6 Å². The highest BCUT2D eigenvalue weighted by molar-refractivity contribution is 5.37. The maximum atomic E-state index is 13.6. The van der Waals surface area contributed by atoms with Crippen LogP contribution in [-0.2, 0) is 6.54 Å². The van der Waals surface area contributed by atoms with Gasteiger partial charge in [0.15, 0.2) is 0 Å². The minimum Gasteiger partial charge on any atom is -0.326 e. The van der Waals surface area contributed by atoms with Gasteiger partial charge in [0.05, 0.1) is 6.04 Å². The third kappa shape index (κ3) is 2.39. The van der Waals surface area contributed by atoms with Crippen LogP contribution >= 0.6 is 0 Å². The molecule has 0 bridgehead atoms. The molecule has 0 saturated carbocycles. The van der Waals surface area contributed by atoms with Crippen LogP contribution in [0, 0.1) is 17.7 Å². The smallest absolute Gasteiger partial charge is 0.128 e. The summed E-state index contributed by atoms with van der Waals surface area (Å²) in [6.45, 7) is 0.154. The molecule has 1 atom stereocenters. The topological polar surface area (TPSA) is 52.0 Å². The first-order valence-corrected chi connectivity index (χ1v) is 5.53. The predicted molar refractivity (Wildman–Crippen MR) is 65.6 cm³/mol. The Kier molecular flexibility index (Phi) is 3.69. The Morgan fingerprint density at radius 2 is 1.94 bits per heavy atom. The third-order valence-corrected chi connectivity index (χ3v) is 2.84. The molecule has 0 aromatic heterocycles. The van der Waals surface area contributed by atoms with Crippen LogP contribution in [-0.4, -0.2) is 0 Å². The Balaban J connectivity index is 2.46. The molecular formula is C14H13F2N2. The molecule has 93 valence electrons. The van der Waals surface area contributed by atoms with E-state index in [0.717, 1.165) is 0 Å². The average molecular weight is 247 g/mol. The van der Waals surface area contributed by atoms with E-state index in [1.807, 2.05) is 0 Å². The van der Waals surface area contributed by atoms with E-state index in [-0.39, 0.29) is 12.4 Å². The second-order valence-corrected chi connectivity index (χ2v) is 3.97. The van der Waals surface area contributed by atoms with Crippen LogP contribution in [0.2, 0.25) is 0 Å². The second kappa shape index (κ2) is 5.25. The first-order chi connectivity index (χ1) is 8.63. The zero-order valence-electron chi connectivity index (χ0n) is 9.66. The van der Waals surface area contributed by atoms with E-state index in [2.05, 4.69) is 6.07 Å². The van der Waals surface area contributed by atoms with E-state index in [0.29, 0.717) is 16.7 Å². The Hall–Kier alpha value is -1.78. The van der Waals surface area contributed by atoms with Gasteiger partial charge in [-0.25, -0.2) is 8.78 Å². The molecule has 18 heavy (non-hydrogen) atoms. The van der Waals surface area contributed by atoms with E-state index in [4.69, 9.17) is 11.5 Å². The van der Waals surface area contributed by atoms with E-state index >= 15 is 0 Å². The molecule has 2 nitrogen and oxygen atoms in total. The van der Waals surface area contributed by atoms with E-state index in [1.54, 1.807) is 18.2 Å². The molecule has 2 aromatic rings. The first kappa shape index (κ1) is 12.7. The second-order valence-electron chi connectivity index (χ2n) is 3.97. The Bertz CT molecular complexity index is 555. The maximum Gasteiger partial charge on any atom is 0.128 e. The Morgan fingerprint density at radius 1 is 1.17 bits per heavy atom. The lowest BCUT2D eigenvalue weighted by molar-refractivity contribution is 0.596. The first-order valence-electron chi connectivity index (χ1n) is 5.53. The predicted octanol–water partition coefficient (Wildman–Crippen LogP) is 2.27. The lowest BCUT2D eigenvalue weighted by Crippen LogP contribution is -2.17. The fraction of sp³-hybridized carbons (Fsp3) is 0.143. The summed E-state index contributed by atoms with van der Waals surface area (Å²) in [5.41, 5.74) is 13.1. The molecule has 0 aliphatic carbocycles. The summed E-state index contributed by atoms with van der Waals surface area (Å²) in [6, 6.07) is 10.5. The zero-order chi connectivity index (χ0) is 13.1. The van der Waals surface area contributed by atoms with Crippen molar-refractivity contribution in [2.45, 2.75) is 12.6 Å². The highest BCUT2D eigenvalue weighted by atomic mass is 19.1. The van der Waals surface area contributed by atoms with Gasteiger partial charge in [-0.05, 0) is 35.4 Å². The standard InChI is InChI=1S/C14H13F2N2/c15-10-5-6-11(9(7-10)8-17)14(18)12-3-1-2-4-13(12)16/h1,3-7,14H,8,17-18H2.